The lowest BCUT2D eigenvalue weighted by Crippen LogP contribution is -2.49. The fraction of sp³-hybridized carbons (Fsp3) is 0.294. The van der Waals surface area contributed by atoms with Crippen molar-refractivity contribution in [2.24, 2.45) is 0 Å². The van der Waals surface area contributed by atoms with Crippen LogP contribution in [0.15, 0.2) is 40.8 Å². The molecule has 5 nitrogen and oxygen atoms in total. The lowest BCUT2D eigenvalue weighted by molar-refractivity contribution is -0.146. The average molecular weight is 319 g/mol. The van der Waals surface area contributed by atoms with Crippen LogP contribution in [0.3, 0.4) is 0 Å². The van der Waals surface area contributed by atoms with Crippen molar-refractivity contribution < 1.29 is 23.5 Å². The molecule has 0 spiro atoms. The van der Waals surface area contributed by atoms with Crippen molar-refractivity contribution in [2.45, 2.75) is 32.2 Å². The number of carbonyl (C=O) groups excluding carboxylic acids is 1. The van der Waals surface area contributed by atoms with Crippen molar-refractivity contribution in [1.29, 1.82) is 0 Å². The minimum atomic E-state index is -1.32. The second-order valence-corrected chi connectivity index (χ2v) is 5.72. The molecule has 0 unspecified atom stereocenters. The first-order valence-electron chi connectivity index (χ1n) is 7.17. The van der Waals surface area contributed by atoms with Gasteiger partial charge in [-0.1, -0.05) is 12.1 Å². The molecule has 0 aliphatic carbocycles. The van der Waals surface area contributed by atoms with Gasteiger partial charge in [-0.05, 0) is 38.1 Å². The molecule has 1 amide bonds. The minimum Gasteiger partial charge on any atom is -0.480 e. The highest BCUT2D eigenvalue weighted by Crippen LogP contribution is 2.25. The number of rotatable bonds is 6. The Morgan fingerprint density at radius 3 is 2.57 bits per heavy atom. The van der Waals surface area contributed by atoms with Crippen molar-refractivity contribution in [3.05, 3.63) is 48.0 Å². The van der Waals surface area contributed by atoms with E-state index in [2.05, 4.69) is 5.32 Å². The number of aryl methyl sites for hydroxylation is 1. The third kappa shape index (κ3) is 4.18. The molecule has 2 rings (SSSR count). The summed E-state index contributed by atoms with van der Waals surface area (Å²) in [4.78, 5) is 22.7. The summed E-state index contributed by atoms with van der Waals surface area (Å²) in [6.07, 6.45) is 0.386. The molecule has 1 aromatic heterocycles. The molecule has 23 heavy (non-hydrogen) atoms. The zero-order valence-electron chi connectivity index (χ0n) is 12.9. The maximum Gasteiger partial charge on any atom is 0.328 e. The summed E-state index contributed by atoms with van der Waals surface area (Å²) in [6, 6.07) is 9.59. The van der Waals surface area contributed by atoms with E-state index in [0.717, 1.165) is 0 Å². The number of carbonyl (C=O) groups is 2. The van der Waals surface area contributed by atoms with E-state index < -0.39 is 11.5 Å². The molecule has 0 atom stereocenters. The highest BCUT2D eigenvalue weighted by molar-refractivity contribution is 5.86. The summed E-state index contributed by atoms with van der Waals surface area (Å²) in [7, 11) is 0. The fourth-order valence-corrected chi connectivity index (χ4v) is 2.02. The van der Waals surface area contributed by atoms with Crippen LogP contribution in [0, 0.1) is 5.82 Å². The van der Waals surface area contributed by atoms with Gasteiger partial charge in [-0.3, -0.25) is 4.79 Å². The molecule has 6 heteroatoms. The minimum absolute atomic E-state index is 0.0843. The molecule has 2 N–H and O–H groups in total. The Hall–Kier alpha value is -2.63. The number of furan rings is 1. The van der Waals surface area contributed by atoms with Gasteiger partial charge in [0.25, 0.3) is 0 Å². The van der Waals surface area contributed by atoms with Crippen molar-refractivity contribution in [3.8, 4) is 11.3 Å². The van der Waals surface area contributed by atoms with Crippen LogP contribution in [0.4, 0.5) is 4.39 Å². The first-order chi connectivity index (χ1) is 10.8. The Bertz CT molecular complexity index is 721. The summed E-state index contributed by atoms with van der Waals surface area (Å²) in [5.74, 6) is -0.947. The number of aliphatic carboxylic acids is 1. The first-order valence-corrected chi connectivity index (χ1v) is 7.17. The molecule has 0 saturated heterocycles. The molecule has 0 aliphatic heterocycles. The van der Waals surface area contributed by atoms with Crippen LogP contribution in [0.25, 0.3) is 11.3 Å². The van der Waals surface area contributed by atoms with Gasteiger partial charge in [-0.2, -0.15) is 0 Å². The summed E-state index contributed by atoms with van der Waals surface area (Å²) in [5.41, 5.74) is -0.964. The van der Waals surface area contributed by atoms with Crippen LogP contribution in [0.5, 0.6) is 0 Å². The van der Waals surface area contributed by atoms with E-state index in [1.165, 1.54) is 19.9 Å². The third-order valence-electron chi connectivity index (χ3n) is 3.39. The quantitative estimate of drug-likeness (QED) is 0.858. The van der Waals surface area contributed by atoms with Crippen LogP contribution in [-0.4, -0.2) is 22.5 Å². The number of hydrogen-bond acceptors (Lipinski definition) is 3. The van der Waals surface area contributed by atoms with E-state index >= 15 is 0 Å². The van der Waals surface area contributed by atoms with Gasteiger partial charge >= 0.3 is 5.97 Å². The number of carboxylic acid groups (broad SMARTS) is 1. The Morgan fingerprint density at radius 1 is 1.22 bits per heavy atom. The number of hydrogen-bond donors (Lipinski definition) is 2. The average Bonchev–Trinajstić information content (AvgIpc) is 2.93. The topological polar surface area (TPSA) is 79.5 Å². The van der Waals surface area contributed by atoms with Crippen LogP contribution < -0.4 is 5.32 Å². The van der Waals surface area contributed by atoms with Crippen LogP contribution in [0.1, 0.15) is 26.0 Å². The lowest BCUT2D eigenvalue weighted by Gasteiger charge is -2.20. The second-order valence-electron chi connectivity index (χ2n) is 5.72. The Morgan fingerprint density at radius 2 is 1.91 bits per heavy atom. The maximum absolute atomic E-state index is 13.7. The van der Waals surface area contributed by atoms with Crippen LogP contribution in [-0.2, 0) is 16.0 Å². The largest absolute Gasteiger partial charge is 0.480 e. The van der Waals surface area contributed by atoms with E-state index in [9.17, 15) is 14.0 Å². The highest BCUT2D eigenvalue weighted by Gasteiger charge is 2.28. The molecule has 0 radical (unpaired) electrons. The third-order valence-corrected chi connectivity index (χ3v) is 3.39. The molecule has 0 bridgehead atoms. The number of halogens is 1. The van der Waals surface area contributed by atoms with E-state index in [-0.39, 0.29) is 18.1 Å². The Labute approximate surface area is 133 Å². The summed E-state index contributed by atoms with van der Waals surface area (Å²) < 4.78 is 19.2. The fourth-order valence-electron chi connectivity index (χ4n) is 2.02. The number of benzene rings is 1. The van der Waals surface area contributed by atoms with Gasteiger partial charge < -0.3 is 14.8 Å². The molecule has 0 fully saturated rings. The van der Waals surface area contributed by atoms with Gasteiger partial charge in [0.2, 0.25) is 5.91 Å². The predicted octanol–water partition coefficient (Wildman–Crippen LogP) is 3.00. The lowest BCUT2D eigenvalue weighted by atomic mass is 10.1. The molecule has 2 aromatic rings. The molecular weight excluding hydrogens is 301 g/mol. The zero-order valence-corrected chi connectivity index (χ0v) is 12.9. The molecule has 1 heterocycles. The highest BCUT2D eigenvalue weighted by atomic mass is 19.1. The number of amides is 1. The van der Waals surface area contributed by atoms with Gasteiger partial charge in [-0.25, -0.2) is 9.18 Å². The number of carboxylic acids is 1. The second kappa shape index (κ2) is 6.64. The van der Waals surface area contributed by atoms with E-state index in [1.54, 1.807) is 30.3 Å². The maximum atomic E-state index is 13.7. The van der Waals surface area contributed by atoms with Gasteiger partial charge in [0.15, 0.2) is 0 Å². The molecule has 0 aliphatic rings. The Balaban J connectivity index is 1.97. The molecular formula is C17H18FNO4. The number of nitrogens with one attached hydrogen (secondary N) is 1. The van der Waals surface area contributed by atoms with E-state index in [0.29, 0.717) is 23.5 Å². The summed E-state index contributed by atoms with van der Waals surface area (Å²) in [5, 5.41) is 11.4. The van der Waals surface area contributed by atoms with E-state index in [4.69, 9.17) is 9.52 Å². The Kier molecular flexibility index (Phi) is 4.83. The van der Waals surface area contributed by atoms with Gasteiger partial charge in [0.05, 0.1) is 5.56 Å². The first kappa shape index (κ1) is 16.7. The zero-order chi connectivity index (χ0) is 17.0. The molecule has 0 saturated carbocycles. The molecule has 122 valence electrons. The van der Waals surface area contributed by atoms with E-state index in [1.807, 2.05) is 0 Å². The van der Waals surface area contributed by atoms with Crippen molar-refractivity contribution in [2.75, 3.05) is 0 Å². The summed E-state index contributed by atoms with van der Waals surface area (Å²) >= 11 is 0. The SMILES string of the molecule is CC(C)(NC(=O)CCc1ccc(-c2ccccc2F)o1)C(=O)O. The van der Waals surface area contributed by atoms with Crippen LogP contribution >= 0.6 is 0 Å². The van der Waals surface area contributed by atoms with Gasteiger partial charge in [0, 0.05) is 12.8 Å². The smallest absolute Gasteiger partial charge is 0.328 e. The van der Waals surface area contributed by atoms with Gasteiger partial charge in [-0.15, -0.1) is 0 Å². The van der Waals surface area contributed by atoms with Crippen molar-refractivity contribution >= 4 is 11.9 Å². The summed E-state index contributed by atoms with van der Waals surface area (Å²) in [6.45, 7) is 2.83. The monoisotopic (exact) mass is 319 g/mol. The van der Waals surface area contributed by atoms with Crippen molar-refractivity contribution in [1.82, 2.24) is 5.32 Å². The van der Waals surface area contributed by atoms with Crippen LogP contribution in [0.2, 0.25) is 0 Å². The predicted molar refractivity (Wildman–Crippen MR) is 82.3 cm³/mol. The van der Waals surface area contributed by atoms with Gasteiger partial charge in [0.1, 0.15) is 22.9 Å². The molecule has 1 aromatic carbocycles. The van der Waals surface area contributed by atoms with Crippen molar-refractivity contribution in [3.63, 3.8) is 0 Å². The standard InChI is InChI=1S/C17H18FNO4/c1-17(2,16(21)22)19-15(20)10-8-11-7-9-14(23-11)12-5-3-4-6-13(12)18/h3-7,9H,8,10H2,1-2H3,(H,19,20)(H,21,22). The normalized spacial score (nSPS) is 11.3.